The summed E-state index contributed by atoms with van der Waals surface area (Å²) in [5.41, 5.74) is 1.28. The van der Waals surface area contributed by atoms with E-state index in [1.807, 2.05) is 6.07 Å². The first kappa shape index (κ1) is 13.5. The molecule has 0 unspecified atom stereocenters. The lowest BCUT2D eigenvalue weighted by Crippen LogP contribution is -2.50. The van der Waals surface area contributed by atoms with Gasteiger partial charge in [0.05, 0.1) is 0 Å². The number of hydrogen-bond donors (Lipinski definition) is 0. The second-order valence-corrected chi connectivity index (χ2v) is 5.98. The van der Waals surface area contributed by atoms with Crippen molar-refractivity contribution in [3.63, 3.8) is 0 Å². The lowest BCUT2D eigenvalue weighted by molar-refractivity contribution is -0.136. The molecule has 0 atom stereocenters. The number of piperazine rings is 1. The first-order valence-corrected chi connectivity index (χ1v) is 7.93. The van der Waals surface area contributed by atoms with Crippen LogP contribution in [-0.2, 0) is 4.79 Å². The minimum Gasteiger partial charge on any atom is -0.368 e. The summed E-state index contributed by atoms with van der Waals surface area (Å²) in [7, 11) is 0. The van der Waals surface area contributed by atoms with Gasteiger partial charge in [0, 0.05) is 37.8 Å². The Morgan fingerprint density at radius 2 is 1.55 bits per heavy atom. The van der Waals surface area contributed by atoms with Gasteiger partial charge in [0.25, 0.3) is 0 Å². The van der Waals surface area contributed by atoms with Crippen molar-refractivity contribution in [3.8, 4) is 0 Å². The van der Waals surface area contributed by atoms with Crippen LogP contribution in [0.3, 0.4) is 0 Å². The van der Waals surface area contributed by atoms with Crippen LogP contribution in [0.5, 0.6) is 0 Å². The second kappa shape index (κ2) is 6.29. The summed E-state index contributed by atoms with van der Waals surface area (Å²) >= 11 is 0. The van der Waals surface area contributed by atoms with E-state index in [-0.39, 0.29) is 0 Å². The lowest BCUT2D eigenvalue weighted by Gasteiger charge is -2.38. The maximum absolute atomic E-state index is 12.5. The molecule has 2 aliphatic rings. The fourth-order valence-electron chi connectivity index (χ4n) is 3.43. The number of hydrogen-bond acceptors (Lipinski definition) is 2. The molecule has 3 rings (SSSR count). The van der Waals surface area contributed by atoms with Crippen molar-refractivity contribution in [1.82, 2.24) is 4.90 Å². The normalized spacial score (nSPS) is 21.0. The van der Waals surface area contributed by atoms with Crippen molar-refractivity contribution in [2.45, 2.75) is 32.1 Å². The monoisotopic (exact) mass is 272 g/mol. The molecule has 0 radical (unpaired) electrons. The number of para-hydroxylation sites is 1. The molecule has 0 aromatic heterocycles. The average Bonchev–Trinajstić information content (AvgIpc) is 2.56. The highest BCUT2D eigenvalue weighted by Gasteiger charge is 2.28. The molecule has 108 valence electrons. The largest absolute Gasteiger partial charge is 0.368 e. The van der Waals surface area contributed by atoms with E-state index in [1.54, 1.807) is 0 Å². The van der Waals surface area contributed by atoms with Crippen molar-refractivity contribution in [1.29, 1.82) is 0 Å². The molecule has 1 amide bonds. The Labute approximate surface area is 121 Å². The van der Waals surface area contributed by atoms with Gasteiger partial charge >= 0.3 is 0 Å². The van der Waals surface area contributed by atoms with E-state index in [0.29, 0.717) is 11.8 Å². The summed E-state index contributed by atoms with van der Waals surface area (Å²) in [6.45, 7) is 3.68. The molecule has 1 saturated carbocycles. The number of rotatable bonds is 2. The van der Waals surface area contributed by atoms with Crippen LogP contribution in [0.2, 0.25) is 0 Å². The molecule has 0 N–H and O–H groups in total. The molecule has 1 saturated heterocycles. The number of carbonyl (C=O) groups excluding carboxylic acids is 1. The van der Waals surface area contributed by atoms with E-state index in [0.717, 1.165) is 39.0 Å². The molecule has 3 heteroatoms. The standard InChI is InChI=1S/C17H24N2O/c20-17(15-7-3-1-4-8-15)19-13-11-18(12-14-19)16-9-5-2-6-10-16/h2,5-6,9-10,15H,1,3-4,7-8,11-14H2. The Balaban J connectivity index is 1.54. The van der Waals surface area contributed by atoms with Crippen LogP contribution in [0, 0.1) is 5.92 Å². The van der Waals surface area contributed by atoms with Crippen molar-refractivity contribution < 1.29 is 4.79 Å². The summed E-state index contributed by atoms with van der Waals surface area (Å²) in [6, 6.07) is 10.5. The van der Waals surface area contributed by atoms with Gasteiger partial charge < -0.3 is 9.80 Å². The molecule has 20 heavy (non-hydrogen) atoms. The van der Waals surface area contributed by atoms with E-state index in [1.165, 1.54) is 24.9 Å². The van der Waals surface area contributed by atoms with Gasteiger partial charge in [-0.25, -0.2) is 0 Å². The van der Waals surface area contributed by atoms with Crippen LogP contribution in [0.15, 0.2) is 30.3 Å². The third-order valence-electron chi connectivity index (χ3n) is 4.67. The number of benzene rings is 1. The van der Waals surface area contributed by atoms with E-state index in [9.17, 15) is 4.79 Å². The molecule has 3 nitrogen and oxygen atoms in total. The number of amides is 1. The summed E-state index contributed by atoms with van der Waals surface area (Å²) in [4.78, 5) is 17.0. The summed E-state index contributed by atoms with van der Waals surface area (Å²) in [5.74, 6) is 0.726. The molecule has 1 aliphatic carbocycles. The minimum atomic E-state index is 0.312. The molecular formula is C17H24N2O. The van der Waals surface area contributed by atoms with Gasteiger partial charge in [-0.15, -0.1) is 0 Å². The van der Waals surface area contributed by atoms with Gasteiger partial charge in [0.2, 0.25) is 5.91 Å². The van der Waals surface area contributed by atoms with Crippen LogP contribution >= 0.6 is 0 Å². The predicted octanol–water partition coefficient (Wildman–Crippen LogP) is 2.92. The van der Waals surface area contributed by atoms with Crippen LogP contribution in [0.25, 0.3) is 0 Å². The molecular weight excluding hydrogens is 248 g/mol. The van der Waals surface area contributed by atoms with E-state index in [4.69, 9.17) is 0 Å². The summed E-state index contributed by atoms with van der Waals surface area (Å²) in [6.07, 6.45) is 6.00. The highest BCUT2D eigenvalue weighted by molar-refractivity contribution is 5.79. The van der Waals surface area contributed by atoms with Crippen molar-refractivity contribution in [2.75, 3.05) is 31.1 Å². The molecule has 2 fully saturated rings. The maximum Gasteiger partial charge on any atom is 0.225 e. The van der Waals surface area contributed by atoms with Crippen LogP contribution < -0.4 is 4.90 Å². The highest BCUT2D eigenvalue weighted by Crippen LogP contribution is 2.26. The molecule has 0 spiro atoms. The molecule has 0 bridgehead atoms. The zero-order chi connectivity index (χ0) is 13.8. The van der Waals surface area contributed by atoms with E-state index < -0.39 is 0 Å². The first-order valence-electron chi connectivity index (χ1n) is 7.93. The fourth-order valence-corrected chi connectivity index (χ4v) is 3.43. The lowest BCUT2D eigenvalue weighted by atomic mass is 9.88. The van der Waals surface area contributed by atoms with Gasteiger partial charge in [0.15, 0.2) is 0 Å². The number of carbonyl (C=O) groups is 1. The molecule has 1 aromatic rings. The minimum absolute atomic E-state index is 0.312. The van der Waals surface area contributed by atoms with Crippen molar-refractivity contribution in [3.05, 3.63) is 30.3 Å². The topological polar surface area (TPSA) is 23.6 Å². The van der Waals surface area contributed by atoms with Gasteiger partial charge in [-0.05, 0) is 25.0 Å². The molecule has 1 aromatic carbocycles. The predicted molar refractivity (Wildman–Crippen MR) is 81.8 cm³/mol. The Kier molecular flexibility index (Phi) is 4.24. The van der Waals surface area contributed by atoms with Gasteiger partial charge in [-0.1, -0.05) is 37.5 Å². The first-order chi connectivity index (χ1) is 9.84. The van der Waals surface area contributed by atoms with Gasteiger partial charge in [-0.3, -0.25) is 4.79 Å². The molecule has 1 heterocycles. The molecule has 1 aliphatic heterocycles. The SMILES string of the molecule is O=C(C1CCCCC1)N1CCN(c2ccccc2)CC1. The Morgan fingerprint density at radius 3 is 2.20 bits per heavy atom. The van der Waals surface area contributed by atoms with E-state index >= 15 is 0 Å². The van der Waals surface area contributed by atoms with Crippen LogP contribution in [0.4, 0.5) is 5.69 Å². The Hall–Kier alpha value is -1.51. The Bertz CT molecular complexity index is 432. The van der Waals surface area contributed by atoms with Crippen molar-refractivity contribution >= 4 is 11.6 Å². The maximum atomic E-state index is 12.5. The quantitative estimate of drug-likeness (QED) is 0.826. The number of anilines is 1. The third-order valence-corrected chi connectivity index (χ3v) is 4.67. The number of nitrogens with zero attached hydrogens (tertiary/aromatic N) is 2. The fraction of sp³-hybridized carbons (Fsp3) is 0.588. The summed E-state index contributed by atoms with van der Waals surface area (Å²) in [5, 5.41) is 0. The van der Waals surface area contributed by atoms with Crippen LogP contribution in [0.1, 0.15) is 32.1 Å². The highest BCUT2D eigenvalue weighted by atomic mass is 16.2. The third kappa shape index (κ3) is 2.97. The summed E-state index contributed by atoms with van der Waals surface area (Å²) < 4.78 is 0. The van der Waals surface area contributed by atoms with Crippen molar-refractivity contribution in [2.24, 2.45) is 5.92 Å². The zero-order valence-corrected chi connectivity index (χ0v) is 12.1. The van der Waals surface area contributed by atoms with Gasteiger partial charge in [-0.2, -0.15) is 0 Å². The Morgan fingerprint density at radius 1 is 0.900 bits per heavy atom. The van der Waals surface area contributed by atoms with Crippen LogP contribution in [-0.4, -0.2) is 37.0 Å². The smallest absolute Gasteiger partial charge is 0.225 e. The zero-order valence-electron chi connectivity index (χ0n) is 12.1. The average molecular weight is 272 g/mol. The van der Waals surface area contributed by atoms with E-state index in [2.05, 4.69) is 34.1 Å². The second-order valence-electron chi connectivity index (χ2n) is 5.98. The van der Waals surface area contributed by atoms with Gasteiger partial charge in [0.1, 0.15) is 0 Å².